The normalized spacial score (nSPS) is 19.4. The minimum atomic E-state index is -2.96. The third-order valence-electron chi connectivity index (χ3n) is 4.91. The fraction of sp³-hybridized carbons (Fsp3) is 0.526. The van der Waals surface area contributed by atoms with Gasteiger partial charge in [0.2, 0.25) is 0 Å². The zero-order chi connectivity index (χ0) is 18.2. The molecule has 2 heterocycles. The second kappa shape index (κ2) is 6.92. The Kier molecular flexibility index (Phi) is 5.02. The number of rotatable bonds is 4. The number of H-pyrrole nitrogens is 1. The molecule has 0 amide bonds. The highest BCUT2D eigenvalue weighted by Crippen LogP contribution is 2.21. The van der Waals surface area contributed by atoms with Crippen molar-refractivity contribution in [1.29, 1.82) is 0 Å². The predicted molar refractivity (Wildman–Crippen MR) is 102 cm³/mol. The third-order valence-corrected chi connectivity index (χ3v) is 5.98. The number of aromatic nitrogens is 1. The number of aryl methyl sites for hydroxylation is 2. The van der Waals surface area contributed by atoms with Gasteiger partial charge in [0.05, 0.1) is 11.3 Å². The number of fused-ring (bicyclic) bond motifs is 1. The molecule has 1 atom stereocenters. The van der Waals surface area contributed by atoms with Crippen LogP contribution in [0.4, 0.5) is 0 Å². The van der Waals surface area contributed by atoms with Gasteiger partial charge in [0.15, 0.2) is 0 Å². The van der Waals surface area contributed by atoms with Gasteiger partial charge in [-0.05, 0) is 62.2 Å². The van der Waals surface area contributed by atoms with Crippen molar-refractivity contribution in [3.05, 3.63) is 45.2 Å². The number of likely N-dealkylation sites (tertiary alicyclic amines) is 1. The number of benzene rings is 1. The minimum absolute atomic E-state index is 0.0512. The molecule has 1 aliphatic heterocycles. The van der Waals surface area contributed by atoms with Crippen molar-refractivity contribution in [2.24, 2.45) is 5.92 Å². The monoisotopic (exact) mass is 362 g/mol. The summed E-state index contributed by atoms with van der Waals surface area (Å²) >= 11 is 0. The van der Waals surface area contributed by atoms with Crippen LogP contribution in [-0.4, -0.2) is 43.4 Å². The number of aromatic amines is 1. The van der Waals surface area contributed by atoms with E-state index in [1.807, 2.05) is 13.0 Å². The number of hydrogen-bond donors (Lipinski definition) is 1. The van der Waals surface area contributed by atoms with Crippen LogP contribution >= 0.6 is 0 Å². The van der Waals surface area contributed by atoms with Crippen LogP contribution in [0.2, 0.25) is 0 Å². The average Bonchev–Trinajstić information content (AvgIpc) is 2.47. The molecule has 0 saturated carbocycles. The molecule has 0 aliphatic carbocycles. The van der Waals surface area contributed by atoms with Gasteiger partial charge in [-0.1, -0.05) is 11.6 Å². The maximum atomic E-state index is 12.5. The molecule has 2 aromatic rings. The van der Waals surface area contributed by atoms with Gasteiger partial charge in [0.1, 0.15) is 9.84 Å². The molecule has 1 saturated heterocycles. The van der Waals surface area contributed by atoms with Gasteiger partial charge in [-0.25, -0.2) is 8.42 Å². The first kappa shape index (κ1) is 18.1. The maximum Gasteiger partial charge on any atom is 0.252 e. The summed E-state index contributed by atoms with van der Waals surface area (Å²) in [5, 5.41) is 1.05. The van der Waals surface area contributed by atoms with Gasteiger partial charge in [0, 0.05) is 24.9 Å². The Balaban J connectivity index is 1.82. The topological polar surface area (TPSA) is 70.2 Å². The fourth-order valence-electron chi connectivity index (χ4n) is 3.95. The first-order chi connectivity index (χ1) is 11.7. The second-order valence-corrected chi connectivity index (χ2v) is 9.69. The van der Waals surface area contributed by atoms with Crippen LogP contribution < -0.4 is 5.56 Å². The highest BCUT2D eigenvalue weighted by Gasteiger charge is 2.23. The molecular weight excluding hydrogens is 336 g/mol. The molecule has 0 bridgehead atoms. The Labute approximate surface area is 149 Å². The molecular formula is C19H26N2O3S. The highest BCUT2D eigenvalue weighted by atomic mass is 32.2. The van der Waals surface area contributed by atoms with Crippen molar-refractivity contribution in [1.82, 2.24) is 9.88 Å². The van der Waals surface area contributed by atoms with Gasteiger partial charge in [-0.3, -0.25) is 9.69 Å². The number of hydrogen-bond acceptors (Lipinski definition) is 4. The van der Waals surface area contributed by atoms with E-state index < -0.39 is 9.84 Å². The molecule has 5 nitrogen and oxygen atoms in total. The molecule has 6 heteroatoms. The zero-order valence-electron chi connectivity index (χ0n) is 15.1. The van der Waals surface area contributed by atoms with Crippen molar-refractivity contribution in [3.8, 4) is 0 Å². The highest BCUT2D eigenvalue weighted by molar-refractivity contribution is 7.90. The lowest BCUT2D eigenvalue weighted by Gasteiger charge is -2.32. The van der Waals surface area contributed by atoms with E-state index in [4.69, 9.17) is 0 Å². The summed E-state index contributed by atoms with van der Waals surface area (Å²) < 4.78 is 23.1. The molecule has 1 fully saturated rings. The number of nitrogens with zero attached hydrogens (tertiary/aromatic N) is 1. The largest absolute Gasteiger partial charge is 0.321 e. The molecule has 3 rings (SSSR count). The Morgan fingerprint density at radius 1 is 1.24 bits per heavy atom. The first-order valence-electron chi connectivity index (χ1n) is 8.74. The van der Waals surface area contributed by atoms with E-state index >= 15 is 0 Å². The number of nitrogens with one attached hydrogen (secondary N) is 1. The smallest absolute Gasteiger partial charge is 0.252 e. The summed E-state index contributed by atoms with van der Waals surface area (Å²) in [7, 11) is -2.96. The van der Waals surface area contributed by atoms with E-state index in [0.717, 1.165) is 48.0 Å². The molecule has 25 heavy (non-hydrogen) atoms. The molecule has 136 valence electrons. The minimum Gasteiger partial charge on any atom is -0.321 e. The Bertz CT molecular complexity index is 947. The molecule has 1 aliphatic rings. The summed E-state index contributed by atoms with van der Waals surface area (Å²) in [5.74, 6) is 0.392. The predicted octanol–water partition coefficient (Wildman–Crippen LogP) is 2.40. The Morgan fingerprint density at radius 2 is 2.00 bits per heavy atom. The van der Waals surface area contributed by atoms with Crippen molar-refractivity contribution < 1.29 is 8.42 Å². The van der Waals surface area contributed by atoms with E-state index in [-0.39, 0.29) is 17.2 Å². The van der Waals surface area contributed by atoms with E-state index in [0.29, 0.717) is 6.54 Å². The van der Waals surface area contributed by atoms with Crippen LogP contribution in [0.5, 0.6) is 0 Å². The molecule has 1 unspecified atom stereocenters. The molecule has 0 spiro atoms. The van der Waals surface area contributed by atoms with Crippen LogP contribution in [0.15, 0.2) is 23.0 Å². The number of sulfone groups is 1. The van der Waals surface area contributed by atoms with Crippen LogP contribution in [-0.2, 0) is 16.4 Å². The average molecular weight is 362 g/mol. The van der Waals surface area contributed by atoms with E-state index in [2.05, 4.69) is 28.9 Å². The van der Waals surface area contributed by atoms with Crippen molar-refractivity contribution in [2.75, 3.05) is 25.1 Å². The molecule has 1 aromatic carbocycles. The number of piperidine rings is 1. The fourth-order valence-corrected chi connectivity index (χ4v) is 5.08. The lowest BCUT2D eigenvalue weighted by Crippen LogP contribution is -2.38. The van der Waals surface area contributed by atoms with Crippen LogP contribution in [0.1, 0.15) is 29.5 Å². The van der Waals surface area contributed by atoms with Gasteiger partial charge < -0.3 is 4.98 Å². The van der Waals surface area contributed by atoms with Gasteiger partial charge >= 0.3 is 0 Å². The summed E-state index contributed by atoms with van der Waals surface area (Å²) in [5.41, 5.74) is 3.84. The van der Waals surface area contributed by atoms with E-state index in [1.54, 1.807) is 0 Å². The van der Waals surface area contributed by atoms with Crippen molar-refractivity contribution in [2.45, 2.75) is 33.2 Å². The van der Waals surface area contributed by atoms with E-state index in [9.17, 15) is 13.2 Å². The summed E-state index contributed by atoms with van der Waals surface area (Å²) in [6.45, 7) is 6.27. The molecule has 1 N–H and O–H groups in total. The lowest BCUT2D eigenvalue weighted by atomic mass is 9.99. The van der Waals surface area contributed by atoms with Crippen LogP contribution in [0, 0.1) is 19.8 Å². The SMILES string of the molecule is Cc1cc(C)c2[nH]c(=O)c(CN3CCCC(CS(C)(=O)=O)C3)cc2c1. The standard InChI is InChI=1S/C19H26N2O3S/c1-13-7-14(2)18-16(8-13)9-17(19(22)20-18)11-21-6-4-5-15(10-21)12-25(3,23)24/h7-9,15H,4-6,10-12H2,1-3H3,(H,20,22). The Morgan fingerprint density at radius 3 is 2.72 bits per heavy atom. The summed E-state index contributed by atoms with van der Waals surface area (Å²) in [4.78, 5) is 17.7. The van der Waals surface area contributed by atoms with Crippen LogP contribution in [0.3, 0.4) is 0 Å². The first-order valence-corrected chi connectivity index (χ1v) is 10.8. The summed E-state index contributed by atoms with van der Waals surface area (Å²) in [6, 6.07) is 6.14. The Hall–Kier alpha value is -1.66. The quantitative estimate of drug-likeness (QED) is 0.907. The van der Waals surface area contributed by atoms with Crippen molar-refractivity contribution >= 4 is 20.7 Å². The van der Waals surface area contributed by atoms with Crippen LogP contribution in [0.25, 0.3) is 10.9 Å². The van der Waals surface area contributed by atoms with Gasteiger partial charge in [0.25, 0.3) is 5.56 Å². The lowest BCUT2D eigenvalue weighted by molar-refractivity contribution is 0.177. The maximum absolute atomic E-state index is 12.5. The molecule has 0 radical (unpaired) electrons. The molecule has 1 aromatic heterocycles. The summed E-state index contributed by atoms with van der Waals surface area (Å²) in [6.07, 6.45) is 3.21. The van der Waals surface area contributed by atoms with E-state index in [1.165, 1.54) is 11.8 Å². The van der Waals surface area contributed by atoms with Crippen molar-refractivity contribution in [3.63, 3.8) is 0 Å². The van der Waals surface area contributed by atoms with Gasteiger partial charge in [-0.15, -0.1) is 0 Å². The second-order valence-electron chi connectivity index (χ2n) is 7.51. The number of pyridine rings is 1. The zero-order valence-corrected chi connectivity index (χ0v) is 15.9. The third kappa shape index (κ3) is 4.50. The van der Waals surface area contributed by atoms with Gasteiger partial charge in [-0.2, -0.15) is 0 Å².